The molecule has 0 unspecified atom stereocenters. The SMILES string of the molecule is CCc1ccccc1NC(=O)Cn1ncn2nc(-c3ccc(Br)cc3)cc2c1=O. The fourth-order valence-electron chi connectivity index (χ4n) is 3.09. The van der Waals surface area contributed by atoms with E-state index in [4.69, 9.17) is 0 Å². The third kappa shape index (κ3) is 3.97. The maximum Gasteiger partial charge on any atom is 0.293 e. The molecule has 2 heterocycles. The fourth-order valence-corrected chi connectivity index (χ4v) is 3.35. The van der Waals surface area contributed by atoms with Gasteiger partial charge in [0.15, 0.2) is 0 Å². The summed E-state index contributed by atoms with van der Waals surface area (Å²) in [6, 6.07) is 16.9. The third-order valence-electron chi connectivity index (χ3n) is 4.60. The molecule has 4 aromatic rings. The van der Waals surface area contributed by atoms with Crippen molar-refractivity contribution in [3.05, 3.63) is 81.3 Å². The van der Waals surface area contributed by atoms with Crippen LogP contribution in [0.25, 0.3) is 16.8 Å². The molecule has 2 aromatic heterocycles. The highest BCUT2D eigenvalue weighted by Crippen LogP contribution is 2.21. The minimum absolute atomic E-state index is 0.174. The largest absolute Gasteiger partial charge is 0.324 e. The summed E-state index contributed by atoms with van der Waals surface area (Å²) >= 11 is 3.40. The average Bonchev–Trinajstić information content (AvgIpc) is 3.16. The van der Waals surface area contributed by atoms with Crippen molar-refractivity contribution in [2.45, 2.75) is 19.9 Å². The molecule has 0 aliphatic rings. The number of rotatable bonds is 5. The third-order valence-corrected chi connectivity index (χ3v) is 5.12. The molecule has 0 bridgehead atoms. The van der Waals surface area contributed by atoms with Crippen LogP contribution in [0.4, 0.5) is 5.69 Å². The second-order valence-corrected chi connectivity index (χ2v) is 7.43. The van der Waals surface area contributed by atoms with Crippen LogP contribution in [0.5, 0.6) is 0 Å². The number of para-hydroxylation sites is 1. The zero-order valence-corrected chi connectivity index (χ0v) is 17.3. The molecule has 146 valence electrons. The number of fused-ring (bicyclic) bond motifs is 1. The van der Waals surface area contributed by atoms with E-state index in [1.54, 1.807) is 6.07 Å². The first-order chi connectivity index (χ1) is 14.0. The van der Waals surface area contributed by atoms with Crippen molar-refractivity contribution in [1.29, 1.82) is 0 Å². The topological polar surface area (TPSA) is 81.3 Å². The number of benzene rings is 2. The zero-order chi connectivity index (χ0) is 20.4. The monoisotopic (exact) mass is 451 g/mol. The Morgan fingerprint density at radius 1 is 1.14 bits per heavy atom. The van der Waals surface area contributed by atoms with Crippen LogP contribution in [0, 0.1) is 0 Å². The standard InChI is InChI=1S/C21H18BrN5O2/c1-2-14-5-3-4-6-17(14)24-20(28)12-26-21(29)19-11-18(25-27(19)13-23-26)15-7-9-16(22)10-8-15/h3-11,13H,2,12H2,1H3,(H,24,28). The second kappa shape index (κ2) is 8.00. The molecule has 0 atom stereocenters. The minimum atomic E-state index is -0.373. The summed E-state index contributed by atoms with van der Waals surface area (Å²) in [5, 5.41) is 11.4. The van der Waals surface area contributed by atoms with Gasteiger partial charge < -0.3 is 5.32 Å². The van der Waals surface area contributed by atoms with Gasteiger partial charge in [0.2, 0.25) is 5.91 Å². The molecule has 29 heavy (non-hydrogen) atoms. The average molecular weight is 452 g/mol. The molecule has 0 aliphatic heterocycles. The number of nitrogens with one attached hydrogen (secondary N) is 1. The predicted molar refractivity (Wildman–Crippen MR) is 115 cm³/mol. The number of halogens is 1. The number of carbonyl (C=O) groups is 1. The highest BCUT2D eigenvalue weighted by atomic mass is 79.9. The number of amides is 1. The predicted octanol–water partition coefficient (Wildman–Crippen LogP) is 3.52. The van der Waals surface area contributed by atoms with Gasteiger partial charge in [0.05, 0.1) is 5.69 Å². The highest BCUT2D eigenvalue weighted by Gasteiger charge is 2.13. The summed E-state index contributed by atoms with van der Waals surface area (Å²) in [6.45, 7) is 1.85. The number of anilines is 1. The molecule has 8 heteroatoms. The van der Waals surface area contributed by atoms with Crippen molar-refractivity contribution < 1.29 is 4.79 Å². The van der Waals surface area contributed by atoms with Gasteiger partial charge in [-0.1, -0.05) is 53.2 Å². The van der Waals surface area contributed by atoms with Crippen LogP contribution in [-0.2, 0) is 17.8 Å². The Kier molecular flexibility index (Phi) is 5.26. The molecule has 7 nitrogen and oxygen atoms in total. The van der Waals surface area contributed by atoms with Gasteiger partial charge in [-0.25, -0.2) is 9.20 Å². The van der Waals surface area contributed by atoms with Crippen LogP contribution < -0.4 is 10.9 Å². The molecule has 0 fully saturated rings. The van der Waals surface area contributed by atoms with Crippen molar-refractivity contribution in [2.75, 3.05) is 5.32 Å². The number of hydrogen-bond donors (Lipinski definition) is 1. The van der Waals surface area contributed by atoms with Gasteiger partial charge in [0, 0.05) is 15.7 Å². The lowest BCUT2D eigenvalue weighted by atomic mass is 10.1. The Morgan fingerprint density at radius 2 is 1.90 bits per heavy atom. The Bertz CT molecular complexity index is 1240. The molecule has 0 saturated carbocycles. The van der Waals surface area contributed by atoms with Crippen molar-refractivity contribution >= 4 is 33.0 Å². The van der Waals surface area contributed by atoms with Gasteiger partial charge >= 0.3 is 0 Å². The number of nitrogens with zero attached hydrogens (tertiary/aromatic N) is 4. The molecule has 0 aliphatic carbocycles. The van der Waals surface area contributed by atoms with Gasteiger partial charge in [0.1, 0.15) is 18.4 Å². The first-order valence-electron chi connectivity index (χ1n) is 9.14. The van der Waals surface area contributed by atoms with Crippen molar-refractivity contribution in [2.24, 2.45) is 0 Å². The smallest absolute Gasteiger partial charge is 0.293 e. The van der Waals surface area contributed by atoms with Crippen LogP contribution in [0.1, 0.15) is 12.5 Å². The van der Waals surface area contributed by atoms with E-state index in [1.807, 2.05) is 55.5 Å². The van der Waals surface area contributed by atoms with E-state index in [2.05, 4.69) is 31.4 Å². The second-order valence-electron chi connectivity index (χ2n) is 6.52. The normalized spacial score (nSPS) is 11.0. The maximum absolute atomic E-state index is 12.8. The summed E-state index contributed by atoms with van der Waals surface area (Å²) in [4.78, 5) is 25.2. The number of aromatic nitrogens is 4. The lowest BCUT2D eigenvalue weighted by Gasteiger charge is -2.10. The van der Waals surface area contributed by atoms with Crippen molar-refractivity contribution in [3.63, 3.8) is 0 Å². The van der Waals surface area contributed by atoms with Crippen LogP contribution in [0.3, 0.4) is 0 Å². The van der Waals surface area contributed by atoms with Crippen LogP contribution >= 0.6 is 15.9 Å². The highest BCUT2D eigenvalue weighted by molar-refractivity contribution is 9.10. The van der Waals surface area contributed by atoms with Crippen LogP contribution in [0.2, 0.25) is 0 Å². The van der Waals surface area contributed by atoms with Crippen LogP contribution in [-0.4, -0.2) is 25.3 Å². The summed E-state index contributed by atoms with van der Waals surface area (Å²) in [5.41, 5.74) is 3.32. The molecule has 0 radical (unpaired) electrons. The van der Waals surface area contributed by atoms with Gasteiger partial charge in [-0.3, -0.25) is 9.59 Å². The van der Waals surface area contributed by atoms with Gasteiger partial charge in [-0.15, -0.1) is 0 Å². The van der Waals surface area contributed by atoms with E-state index in [-0.39, 0.29) is 18.0 Å². The van der Waals surface area contributed by atoms with E-state index < -0.39 is 0 Å². The van der Waals surface area contributed by atoms with E-state index in [0.717, 1.165) is 32.4 Å². The fraction of sp³-hybridized carbons (Fsp3) is 0.143. The molecular formula is C21H18BrN5O2. The number of hydrogen-bond acceptors (Lipinski definition) is 4. The Morgan fingerprint density at radius 3 is 2.66 bits per heavy atom. The molecule has 0 spiro atoms. The summed E-state index contributed by atoms with van der Waals surface area (Å²) in [7, 11) is 0. The summed E-state index contributed by atoms with van der Waals surface area (Å²) in [5.74, 6) is -0.308. The molecule has 0 saturated heterocycles. The molecule has 2 aromatic carbocycles. The quantitative estimate of drug-likeness (QED) is 0.503. The molecule has 4 rings (SSSR count). The summed E-state index contributed by atoms with van der Waals surface area (Å²) < 4.78 is 3.54. The maximum atomic E-state index is 12.8. The van der Waals surface area contributed by atoms with E-state index in [9.17, 15) is 9.59 Å². The Labute approximate surface area is 175 Å². The lowest BCUT2D eigenvalue weighted by molar-refractivity contribution is -0.117. The Balaban J connectivity index is 1.59. The zero-order valence-electron chi connectivity index (χ0n) is 15.7. The minimum Gasteiger partial charge on any atom is -0.324 e. The van der Waals surface area contributed by atoms with E-state index in [0.29, 0.717) is 11.2 Å². The van der Waals surface area contributed by atoms with Crippen molar-refractivity contribution in [1.82, 2.24) is 19.4 Å². The first kappa shape index (κ1) is 19.1. The molecule has 1 N–H and O–H groups in total. The summed E-state index contributed by atoms with van der Waals surface area (Å²) in [6.07, 6.45) is 2.24. The van der Waals surface area contributed by atoms with Gasteiger partial charge in [0.25, 0.3) is 5.56 Å². The number of aryl methyl sites for hydroxylation is 1. The molecular weight excluding hydrogens is 434 g/mol. The van der Waals surface area contributed by atoms with Crippen LogP contribution in [0.15, 0.2) is 70.2 Å². The first-order valence-corrected chi connectivity index (χ1v) is 9.93. The lowest BCUT2D eigenvalue weighted by Crippen LogP contribution is -2.30. The number of carbonyl (C=O) groups excluding carboxylic acids is 1. The molecule has 1 amide bonds. The van der Waals surface area contributed by atoms with E-state index in [1.165, 1.54) is 10.8 Å². The van der Waals surface area contributed by atoms with Gasteiger partial charge in [-0.2, -0.15) is 10.2 Å². The Hall–Kier alpha value is -3.26. The van der Waals surface area contributed by atoms with Gasteiger partial charge in [-0.05, 0) is 36.2 Å². The van der Waals surface area contributed by atoms with Crippen molar-refractivity contribution in [3.8, 4) is 11.3 Å². The van der Waals surface area contributed by atoms with E-state index >= 15 is 0 Å².